The van der Waals surface area contributed by atoms with E-state index in [0.29, 0.717) is 11.6 Å². The van der Waals surface area contributed by atoms with Gasteiger partial charge in [0.1, 0.15) is 12.3 Å². The maximum Gasteiger partial charge on any atom is 0.294 e. The molecule has 8 heteroatoms. The number of amides is 3. The first kappa shape index (κ1) is 16.2. The molecule has 0 saturated carbocycles. The standard InChI is InChI=1S/C14H17N3O4S/c1-3-16(4-2)12-6-5-9(21-12)7-10-13(19)17(8-11(15)18)14(20)22-10/h5-7H,3-4,8H2,1-2H3,(H2,15,18)/b10-7-. The van der Waals surface area contributed by atoms with Gasteiger partial charge in [0.2, 0.25) is 5.91 Å². The van der Waals surface area contributed by atoms with Crippen LogP contribution in [0.2, 0.25) is 0 Å². The van der Waals surface area contributed by atoms with Gasteiger partial charge in [0.25, 0.3) is 11.1 Å². The van der Waals surface area contributed by atoms with E-state index in [1.54, 1.807) is 6.07 Å². The fraction of sp³-hybridized carbons (Fsp3) is 0.357. The molecule has 0 atom stereocenters. The maximum absolute atomic E-state index is 12.1. The highest BCUT2D eigenvalue weighted by Gasteiger charge is 2.36. The quantitative estimate of drug-likeness (QED) is 0.800. The molecular formula is C14H17N3O4S. The van der Waals surface area contributed by atoms with E-state index in [2.05, 4.69) is 0 Å². The Kier molecular flexibility index (Phi) is 4.92. The lowest BCUT2D eigenvalue weighted by Crippen LogP contribution is -2.36. The highest BCUT2D eigenvalue weighted by atomic mass is 32.2. The van der Waals surface area contributed by atoms with E-state index in [4.69, 9.17) is 10.2 Å². The van der Waals surface area contributed by atoms with E-state index < -0.39 is 23.6 Å². The second-order valence-electron chi connectivity index (χ2n) is 4.58. The predicted molar refractivity (Wildman–Crippen MR) is 84.1 cm³/mol. The van der Waals surface area contributed by atoms with Crippen LogP contribution in [-0.4, -0.2) is 41.6 Å². The van der Waals surface area contributed by atoms with Crippen molar-refractivity contribution in [3.8, 4) is 0 Å². The molecule has 22 heavy (non-hydrogen) atoms. The molecule has 2 N–H and O–H groups in total. The molecule has 118 valence electrons. The molecule has 2 heterocycles. The monoisotopic (exact) mass is 323 g/mol. The molecule has 1 aromatic heterocycles. The number of anilines is 1. The molecule has 0 spiro atoms. The van der Waals surface area contributed by atoms with Gasteiger partial charge in [-0.05, 0) is 31.7 Å². The molecule has 1 aromatic rings. The average Bonchev–Trinajstić information content (AvgIpc) is 3.01. The van der Waals surface area contributed by atoms with Crippen molar-refractivity contribution in [3.05, 3.63) is 22.8 Å². The molecule has 0 aliphatic carbocycles. The Labute approximate surface area is 132 Å². The Morgan fingerprint density at radius 2 is 2.05 bits per heavy atom. The summed E-state index contributed by atoms with van der Waals surface area (Å²) in [6.45, 7) is 5.23. The zero-order chi connectivity index (χ0) is 16.3. The van der Waals surface area contributed by atoms with Crippen molar-refractivity contribution in [3.63, 3.8) is 0 Å². The highest BCUT2D eigenvalue weighted by Crippen LogP contribution is 2.32. The molecule has 0 radical (unpaired) electrons. The summed E-state index contributed by atoms with van der Waals surface area (Å²) >= 11 is 0.765. The largest absolute Gasteiger partial charge is 0.441 e. The van der Waals surface area contributed by atoms with E-state index in [1.807, 2.05) is 24.8 Å². The number of nitrogens with two attached hydrogens (primary N) is 1. The van der Waals surface area contributed by atoms with Crippen LogP contribution in [0.15, 0.2) is 21.5 Å². The molecule has 0 unspecified atom stereocenters. The van der Waals surface area contributed by atoms with E-state index >= 15 is 0 Å². The first-order valence-corrected chi connectivity index (χ1v) is 7.66. The minimum atomic E-state index is -0.731. The zero-order valence-corrected chi connectivity index (χ0v) is 13.2. The predicted octanol–water partition coefficient (Wildman–Crippen LogP) is 1.65. The van der Waals surface area contributed by atoms with Crippen LogP contribution in [0.3, 0.4) is 0 Å². The molecule has 1 fully saturated rings. The molecule has 1 saturated heterocycles. The summed E-state index contributed by atoms with van der Waals surface area (Å²) in [4.78, 5) is 37.7. The van der Waals surface area contributed by atoms with Gasteiger partial charge >= 0.3 is 0 Å². The fourth-order valence-corrected chi connectivity index (χ4v) is 2.86. The third-order valence-electron chi connectivity index (χ3n) is 3.15. The number of imide groups is 1. The third-order valence-corrected chi connectivity index (χ3v) is 4.06. The van der Waals surface area contributed by atoms with Gasteiger partial charge in [-0.3, -0.25) is 19.3 Å². The number of furan rings is 1. The summed E-state index contributed by atoms with van der Waals surface area (Å²) in [5, 5.41) is -0.509. The number of thioether (sulfide) groups is 1. The molecule has 3 amide bonds. The first-order chi connectivity index (χ1) is 10.5. The second kappa shape index (κ2) is 6.69. The minimum absolute atomic E-state index is 0.215. The van der Waals surface area contributed by atoms with Gasteiger partial charge in [-0.2, -0.15) is 0 Å². The van der Waals surface area contributed by atoms with Crippen LogP contribution in [0.4, 0.5) is 10.7 Å². The van der Waals surface area contributed by atoms with E-state index in [-0.39, 0.29) is 4.91 Å². The van der Waals surface area contributed by atoms with Crippen LogP contribution in [0.1, 0.15) is 19.6 Å². The number of primary amides is 1. The highest BCUT2D eigenvalue weighted by molar-refractivity contribution is 8.18. The van der Waals surface area contributed by atoms with Crippen molar-refractivity contribution < 1.29 is 18.8 Å². The Morgan fingerprint density at radius 3 is 2.64 bits per heavy atom. The van der Waals surface area contributed by atoms with Gasteiger partial charge in [0.05, 0.1) is 4.91 Å². The van der Waals surface area contributed by atoms with Gasteiger partial charge in [0.15, 0.2) is 5.88 Å². The molecule has 7 nitrogen and oxygen atoms in total. The number of carbonyl (C=O) groups excluding carboxylic acids is 3. The van der Waals surface area contributed by atoms with Crippen LogP contribution in [0, 0.1) is 0 Å². The van der Waals surface area contributed by atoms with Crippen LogP contribution in [0.5, 0.6) is 0 Å². The summed E-state index contributed by atoms with van der Waals surface area (Å²) in [6.07, 6.45) is 1.50. The number of hydrogen-bond donors (Lipinski definition) is 1. The molecule has 0 bridgehead atoms. The number of rotatable bonds is 6. The van der Waals surface area contributed by atoms with Crippen molar-refractivity contribution >= 4 is 40.8 Å². The first-order valence-electron chi connectivity index (χ1n) is 6.84. The number of carbonyl (C=O) groups is 3. The lowest BCUT2D eigenvalue weighted by molar-refractivity contribution is -0.127. The van der Waals surface area contributed by atoms with Crippen LogP contribution >= 0.6 is 11.8 Å². The third kappa shape index (κ3) is 3.33. The van der Waals surface area contributed by atoms with Crippen molar-refractivity contribution in [2.45, 2.75) is 13.8 Å². The molecule has 1 aliphatic heterocycles. The van der Waals surface area contributed by atoms with Gasteiger partial charge in [0, 0.05) is 25.2 Å². The summed E-state index contributed by atoms with van der Waals surface area (Å²) < 4.78 is 5.65. The van der Waals surface area contributed by atoms with Gasteiger partial charge < -0.3 is 15.1 Å². The van der Waals surface area contributed by atoms with E-state index in [9.17, 15) is 14.4 Å². The van der Waals surface area contributed by atoms with Crippen LogP contribution in [-0.2, 0) is 9.59 Å². The Bertz CT molecular complexity index is 634. The van der Waals surface area contributed by atoms with Gasteiger partial charge in [-0.15, -0.1) is 0 Å². The minimum Gasteiger partial charge on any atom is -0.441 e. The summed E-state index contributed by atoms with van der Waals surface area (Å²) in [5.41, 5.74) is 5.02. The second-order valence-corrected chi connectivity index (χ2v) is 5.58. The molecular weight excluding hydrogens is 306 g/mol. The molecule has 1 aliphatic rings. The zero-order valence-electron chi connectivity index (χ0n) is 12.4. The van der Waals surface area contributed by atoms with Crippen molar-refractivity contribution in [2.24, 2.45) is 5.73 Å². The summed E-state index contributed by atoms with van der Waals surface area (Å²) in [7, 11) is 0. The van der Waals surface area contributed by atoms with Crippen molar-refractivity contribution in [1.29, 1.82) is 0 Å². The maximum atomic E-state index is 12.1. The lowest BCUT2D eigenvalue weighted by Gasteiger charge is -2.16. The lowest BCUT2D eigenvalue weighted by atomic mass is 10.3. The SMILES string of the molecule is CCN(CC)c1ccc(/C=C2\SC(=O)N(CC(N)=O)C2=O)o1. The van der Waals surface area contributed by atoms with E-state index in [1.165, 1.54) is 6.08 Å². The van der Waals surface area contributed by atoms with Gasteiger partial charge in [-0.25, -0.2) is 0 Å². The molecule has 2 rings (SSSR count). The Morgan fingerprint density at radius 1 is 1.36 bits per heavy atom. The smallest absolute Gasteiger partial charge is 0.294 e. The Balaban J connectivity index is 2.18. The van der Waals surface area contributed by atoms with Crippen LogP contribution < -0.4 is 10.6 Å². The summed E-state index contributed by atoms with van der Waals surface area (Å²) in [6, 6.07) is 3.54. The average molecular weight is 323 g/mol. The van der Waals surface area contributed by atoms with Crippen LogP contribution in [0.25, 0.3) is 6.08 Å². The van der Waals surface area contributed by atoms with Crippen molar-refractivity contribution in [1.82, 2.24) is 4.90 Å². The Hall–Kier alpha value is -2.22. The number of hydrogen-bond acceptors (Lipinski definition) is 6. The van der Waals surface area contributed by atoms with E-state index in [0.717, 1.165) is 29.8 Å². The van der Waals surface area contributed by atoms with Crippen molar-refractivity contribution in [2.75, 3.05) is 24.5 Å². The summed E-state index contributed by atoms with van der Waals surface area (Å²) in [5.74, 6) is -0.0842. The molecule has 0 aromatic carbocycles. The number of nitrogens with zero attached hydrogens (tertiary/aromatic N) is 2. The normalized spacial score (nSPS) is 16.6. The topological polar surface area (TPSA) is 96.9 Å². The van der Waals surface area contributed by atoms with Gasteiger partial charge in [-0.1, -0.05) is 0 Å². The fourth-order valence-electron chi connectivity index (χ4n) is 2.05.